The molecule has 0 aromatic heterocycles. The van der Waals surface area contributed by atoms with Crippen LogP contribution in [0.4, 0.5) is 0 Å². The van der Waals surface area contributed by atoms with E-state index in [4.69, 9.17) is 7.85 Å². The van der Waals surface area contributed by atoms with Gasteiger partial charge in [-0.3, -0.25) is 0 Å². The van der Waals surface area contributed by atoms with Gasteiger partial charge >= 0.3 is 0 Å². The van der Waals surface area contributed by atoms with Crippen LogP contribution in [0.25, 0.3) is 10.8 Å². The van der Waals surface area contributed by atoms with E-state index in [0.717, 1.165) is 5.46 Å². The van der Waals surface area contributed by atoms with Crippen LogP contribution in [0, 0.1) is 6.92 Å². The molecular weight excluding hydrogens is 143 g/mol. The van der Waals surface area contributed by atoms with Gasteiger partial charge in [-0.1, -0.05) is 41.9 Å². The zero-order valence-corrected chi connectivity index (χ0v) is 7.04. The van der Waals surface area contributed by atoms with E-state index in [2.05, 4.69) is 31.2 Å². The van der Waals surface area contributed by atoms with Gasteiger partial charge in [0.1, 0.15) is 7.85 Å². The van der Waals surface area contributed by atoms with Crippen molar-refractivity contribution in [3.05, 3.63) is 42.0 Å². The molecule has 0 aliphatic carbocycles. The highest BCUT2D eigenvalue weighted by atomic mass is 14.0. The summed E-state index contributed by atoms with van der Waals surface area (Å²) in [5.74, 6) is 0. The van der Waals surface area contributed by atoms with Crippen molar-refractivity contribution < 1.29 is 0 Å². The predicted octanol–water partition coefficient (Wildman–Crippen LogP) is 1.94. The van der Waals surface area contributed by atoms with Gasteiger partial charge < -0.3 is 0 Å². The standard InChI is InChI=1S/C11H9B/c1-8-3-2-4-9-5-6-10(12)7-11(8)9/h2-7H,1H3. The van der Waals surface area contributed by atoms with E-state index in [9.17, 15) is 0 Å². The molecule has 1 heteroatoms. The monoisotopic (exact) mass is 152 g/mol. The fourth-order valence-electron chi connectivity index (χ4n) is 1.45. The van der Waals surface area contributed by atoms with E-state index in [-0.39, 0.29) is 0 Å². The molecule has 0 saturated carbocycles. The highest BCUT2D eigenvalue weighted by Crippen LogP contribution is 2.15. The van der Waals surface area contributed by atoms with Crippen LogP contribution in [0.3, 0.4) is 0 Å². The van der Waals surface area contributed by atoms with Gasteiger partial charge in [0.25, 0.3) is 0 Å². The van der Waals surface area contributed by atoms with Crippen LogP contribution in [0.2, 0.25) is 0 Å². The molecule has 2 aromatic carbocycles. The van der Waals surface area contributed by atoms with Gasteiger partial charge in [0.15, 0.2) is 0 Å². The van der Waals surface area contributed by atoms with Crippen molar-refractivity contribution in [3.8, 4) is 0 Å². The van der Waals surface area contributed by atoms with Crippen molar-refractivity contribution in [2.24, 2.45) is 0 Å². The van der Waals surface area contributed by atoms with E-state index >= 15 is 0 Å². The first-order valence-corrected chi connectivity index (χ1v) is 4.02. The largest absolute Gasteiger partial charge is 0.113 e. The Morgan fingerprint density at radius 3 is 2.75 bits per heavy atom. The Balaban J connectivity index is 2.88. The molecule has 0 spiro atoms. The van der Waals surface area contributed by atoms with Crippen molar-refractivity contribution in [2.75, 3.05) is 0 Å². The van der Waals surface area contributed by atoms with Crippen molar-refractivity contribution >= 4 is 24.1 Å². The summed E-state index contributed by atoms with van der Waals surface area (Å²) in [5.41, 5.74) is 2.11. The predicted molar refractivity (Wildman–Crippen MR) is 54.1 cm³/mol. The maximum atomic E-state index is 5.69. The maximum absolute atomic E-state index is 5.69. The molecule has 0 aliphatic rings. The zero-order valence-electron chi connectivity index (χ0n) is 7.04. The summed E-state index contributed by atoms with van der Waals surface area (Å²) in [4.78, 5) is 0. The Labute approximate surface area is 73.6 Å². The summed E-state index contributed by atoms with van der Waals surface area (Å²) in [6.07, 6.45) is 0. The topological polar surface area (TPSA) is 0 Å². The van der Waals surface area contributed by atoms with Crippen molar-refractivity contribution in [1.29, 1.82) is 0 Å². The summed E-state index contributed by atoms with van der Waals surface area (Å²) in [6.45, 7) is 2.10. The zero-order chi connectivity index (χ0) is 8.55. The van der Waals surface area contributed by atoms with Gasteiger partial charge in [-0.25, -0.2) is 0 Å². The third-order valence-corrected chi connectivity index (χ3v) is 2.12. The molecule has 0 nitrogen and oxygen atoms in total. The van der Waals surface area contributed by atoms with E-state index in [1.807, 2.05) is 12.1 Å². The first-order valence-electron chi connectivity index (χ1n) is 4.02. The molecule has 0 fully saturated rings. The van der Waals surface area contributed by atoms with Crippen LogP contribution in [0.1, 0.15) is 5.56 Å². The van der Waals surface area contributed by atoms with Crippen molar-refractivity contribution in [3.63, 3.8) is 0 Å². The molecule has 0 heterocycles. The molecule has 0 saturated heterocycles. The third kappa shape index (κ3) is 1.12. The summed E-state index contributed by atoms with van der Waals surface area (Å²) in [5, 5.41) is 2.50. The molecule has 0 amide bonds. The second kappa shape index (κ2) is 2.67. The van der Waals surface area contributed by atoms with Gasteiger partial charge in [0, 0.05) is 0 Å². The number of fused-ring (bicyclic) bond motifs is 1. The summed E-state index contributed by atoms with van der Waals surface area (Å²) in [6, 6.07) is 12.3. The average Bonchev–Trinajstić information content (AvgIpc) is 2.07. The fourth-order valence-corrected chi connectivity index (χ4v) is 1.45. The summed E-state index contributed by atoms with van der Waals surface area (Å²) < 4.78 is 0. The van der Waals surface area contributed by atoms with E-state index in [0.29, 0.717) is 0 Å². The molecule has 2 radical (unpaired) electrons. The second-order valence-electron chi connectivity index (χ2n) is 3.06. The summed E-state index contributed by atoms with van der Waals surface area (Å²) >= 11 is 0. The first kappa shape index (κ1) is 7.42. The lowest BCUT2D eigenvalue weighted by atomic mass is 9.92. The van der Waals surface area contributed by atoms with Crippen LogP contribution in [0.15, 0.2) is 36.4 Å². The molecule has 56 valence electrons. The van der Waals surface area contributed by atoms with Crippen molar-refractivity contribution in [1.82, 2.24) is 0 Å². The lowest BCUT2D eigenvalue weighted by molar-refractivity contribution is 1.54. The first-order chi connectivity index (χ1) is 5.77. The third-order valence-electron chi connectivity index (χ3n) is 2.12. The average molecular weight is 152 g/mol. The van der Waals surface area contributed by atoms with Gasteiger partial charge in [-0.15, -0.1) is 0 Å². The Bertz CT molecular complexity index is 418. The minimum absolute atomic E-state index is 0.830. The molecule has 2 aromatic rings. The van der Waals surface area contributed by atoms with Gasteiger partial charge in [-0.2, -0.15) is 0 Å². The minimum Gasteiger partial charge on any atom is -0.0960 e. The minimum atomic E-state index is 0.830. The molecule has 12 heavy (non-hydrogen) atoms. The summed E-state index contributed by atoms with van der Waals surface area (Å²) in [7, 11) is 5.69. The highest BCUT2D eigenvalue weighted by Gasteiger charge is 1.94. The molecular formula is C11H9B. The smallest absolute Gasteiger partial charge is 0.0960 e. The van der Waals surface area contributed by atoms with Crippen LogP contribution in [0.5, 0.6) is 0 Å². The molecule has 0 N–H and O–H groups in total. The molecule has 0 bridgehead atoms. The van der Waals surface area contributed by atoms with Gasteiger partial charge in [-0.05, 0) is 23.3 Å². The Morgan fingerprint density at radius 2 is 1.92 bits per heavy atom. The van der Waals surface area contributed by atoms with Crippen LogP contribution in [-0.2, 0) is 0 Å². The van der Waals surface area contributed by atoms with Crippen LogP contribution in [-0.4, -0.2) is 7.85 Å². The lowest BCUT2D eigenvalue weighted by Crippen LogP contribution is -1.99. The fraction of sp³-hybridized carbons (Fsp3) is 0.0909. The van der Waals surface area contributed by atoms with Gasteiger partial charge in [0.05, 0.1) is 0 Å². The maximum Gasteiger partial charge on any atom is 0.113 e. The van der Waals surface area contributed by atoms with Crippen LogP contribution >= 0.6 is 0 Å². The number of aryl methyl sites for hydroxylation is 1. The normalized spacial score (nSPS) is 10.4. The quantitative estimate of drug-likeness (QED) is 0.506. The Hall–Kier alpha value is -1.24. The molecule has 0 unspecified atom stereocenters. The van der Waals surface area contributed by atoms with E-state index in [1.165, 1.54) is 16.3 Å². The van der Waals surface area contributed by atoms with Crippen molar-refractivity contribution in [2.45, 2.75) is 6.92 Å². The number of hydrogen-bond acceptors (Lipinski definition) is 0. The SMILES string of the molecule is [B]c1ccc2cccc(C)c2c1. The number of rotatable bonds is 0. The molecule has 0 atom stereocenters. The molecule has 2 rings (SSSR count). The number of hydrogen-bond donors (Lipinski definition) is 0. The Morgan fingerprint density at radius 1 is 1.08 bits per heavy atom. The van der Waals surface area contributed by atoms with E-state index in [1.54, 1.807) is 0 Å². The molecule has 0 aliphatic heterocycles. The number of benzene rings is 2. The lowest BCUT2D eigenvalue weighted by Gasteiger charge is -2.02. The van der Waals surface area contributed by atoms with Crippen LogP contribution < -0.4 is 5.46 Å². The van der Waals surface area contributed by atoms with E-state index < -0.39 is 0 Å². The second-order valence-corrected chi connectivity index (χ2v) is 3.06. The Kier molecular flexibility index (Phi) is 1.65. The van der Waals surface area contributed by atoms with Gasteiger partial charge in [0.2, 0.25) is 0 Å². The highest BCUT2D eigenvalue weighted by molar-refractivity contribution is 6.33.